The second-order valence-electron chi connectivity index (χ2n) is 6.12. The van der Waals surface area contributed by atoms with Gasteiger partial charge in [0.25, 0.3) is 0 Å². The first kappa shape index (κ1) is 14.5. The maximum absolute atomic E-state index is 13.7. The third-order valence-electron chi connectivity index (χ3n) is 4.59. The monoisotopic (exact) mass is 288 g/mol. The molecule has 0 aromatic heterocycles. The van der Waals surface area contributed by atoms with Crippen molar-refractivity contribution in [1.29, 1.82) is 0 Å². The van der Waals surface area contributed by atoms with E-state index < -0.39 is 0 Å². The van der Waals surface area contributed by atoms with Crippen molar-refractivity contribution in [2.24, 2.45) is 17.6 Å². The highest BCUT2D eigenvalue weighted by atomic mass is 19.1. The van der Waals surface area contributed by atoms with Crippen LogP contribution < -0.4 is 5.73 Å². The molecule has 21 heavy (non-hydrogen) atoms. The van der Waals surface area contributed by atoms with Gasteiger partial charge in [-0.25, -0.2) is 4.39 Å². The fraction of sp³-hybridized carbons (Fsp3) is 0.529. The van der Waals surface area contributed by atoms with Crippen molar-refractivity contribution in [2.75, 3.05) is 19.6 Å². The molecule has 1 aromatic rings. The van der Waals surface area contributed by atoms with Crippen molar-refractivity contribution in [3.05, 3.63) is 35.1 Å². The summed E-state index contributed by atoms with van der Waals surface area (Å²) in [5, 5.41) is 9.95. The van der Waals surface area contributed by atoms with Crippen LogP contribution in [0.1, 0.15) is 24.0 Å². The maximum atomic E-state index is 13.7. The van der Waals surface area contributed by atoms with E-state index in [4.69, 9.17) is 5.73 Å². The molecule has 3 rings (SSSR count). The SMILES string of the molecule is NCC#Cc1cc(F)cc(CN2CC3CCC(O)C3C2)c1. The summed E-state index contributed by atoms with van der Waals surface area (Å²) in [4.78, 5) is 2.31. The van der Waals surface area contributed by atoms with Crippen LogP contribution in [0.15, 0.2) is 18.2 Å². The zero-order valence-corrected chi connectivity index (χ0v) is 12.1. The third-order valence-corrected chi connectivity index (χ3v) is 4.59. The van der Waals surface area contributed by atoms with Crippen LogP contribution in [-0.2, 0) is 6.54 Å². The van der Waals surface area contributed by atoms with Gasteiger partial charge in [-0.3, -0.25) is 4.90 Å². The van der Waals surface area contributed by atoms with Gasteiger partial charge in [-0.2, -0.15) is 0 Å². The van der Waals surface area contributed by atoms with Crippen molar-refractivity contribution in [2.45, 2.75) is 25.5 Å². The smallest absolute Gasteiger partial charge is 0.124 e. The number of hydrogen-bond acceptors (Lipinski definition) is 3. The number of nitrogens with zero attached hydrogens (tertiary/aromatic N) is 1. The Bertz CT molecular complexity index is 578. The predicted octanol–water partition coefficient (Wildman–Crippen LogP) is 1.34. The number of hydrogen-bond donors (Lipinski definition) is 2. The molecule has 3 N–H and O–H groups in total. The second kappa shape index (κ2) is 6.15. The number of aliphatic hydroxyl groups excluding tert-OH is 1. The van der Waals surface area contributed by atoms with E-state index in [1.165, 1.54) is 6.07 Å². The Morgan fingerprint density at radius 2 is 2.14 bits per heavy atom. The minimum Gasteiger partial charge on any atom is -0.393 e. The van der Waals surface area contributed by atoms with Gasteiger partial charge in [-0.15, -0.1) is 0 Å². The summed E-state index contributed by atoms with van der Waals surface area (Å²) in [7, 11) is 0. The molecule has 4 heteroatoms. The van der Waals surface area contributed by atoms with E-state index in [1.807, 2.05) is 6.07 Å². The largest absolute Gasteiger partial charge is 0.393 e. The van der Waals surface area contributed by atoms with E-state index in [-0.39, 0.29) is 18.5 Å². The van der Waals surface area contributed by atoms with Gasteiger partial charge in [0.15, 0.2) is 0 Å². The Labute approximate surface area is 124 Å². The summed E-state index contributed by atoms with van der Waals surface area (Å²) in [5.74, 6) is 6.38. The number of likely N-dealkylation sites (tertiary alicyclic amines) is 1. The predicted molar refractivity (Wildman–Crippen MR) is 79.8 cm³/mol. The summed E-state index contributed by atoms with van der Waals surface area (Å²) >= 11 is 0. The molecule has 3 unspecified atom stereocenters. The number of benzene rings is 1. The molecule has 1 saturated carbocycles. The number of halogens is 1. The Morgan fingerprint density at radius 3 is 2.90 bits per heavy atom. The standard InChI is InChI=1S/C17H21FN2O/c18-15-7-12(2-1-5-19)6-13(8-15)9-20-10-14-3-4-17(21)16(14)11-20/h6-8,14,16-17,21H,3-5,9-11,19H2. The second-order valence-corrected chi connectivity index (χ2v) is 6.12. The molecule has 0 amide bonds. The molecule has 0 radical (unpaired) electrons. The Balaban J connectivity index is 1.69. The number of fused-ring (bicyclic) bond motifs is 1. The molecule has 1 saturated heterocycles. The van der Waals surface area contributed by atoms with Crippen LogP contribution >= 0.6 is 0 Å². The lowest BCUT2D eigenvalue weighted by Crippen LogP contribution is -2.24. The Kier molecular flexibility index (Phi) is 4.25. The third kappa shape index (κ3) is 3.26. The van der Waals surface area contributed by atoms with Gasteiger partial charge >= 0.3 is 0 Å². The fourth-order valence-corrected chi connectivity index (χ4v) is 3.68. The van der Waals surface area contributed by atoms with Gasteiger partial charge in [0, 0.05) is 31.1 Å². The van der Waals surface area contributed by atoms with Crippen molar-refractivity contribution in [3.8, 4) is 11.8 Å². The van der Waals surface area contributed by atoms with Crippen LogP contribution in [-0.4, -0.2) is 35.7 Å². The molecule has 2 aliphatic rings. The first-order valence-corrected chi connectivity index (χ1v) is 7.54. The van der Waals surface area contributed by atoms with E-state index in [2.05, 4.69) is 16.7 Å². The van der Waals surface area contributed by atoms with Gasteiger partial charge in [0.2, 0.25) is 0 Å². The van der Waals surface area contributed by atoms with Crippen LogP contribution in [0.3, 0.4) is 0 Å². The van der Waals surface area contributed by atoms with E-state index in [9.17, 15) is 9.50 Å². The van der Waals surface area contributed by atoms with Gasteiger partial charge in [0.1, 0.15) is 5.82 Å². The molecule has 2 fully saturated rings. The number of rotatable bonds is 2. The van der Waals surface area contributed by atoms with Crippen LogP contribution in [0.2, 0.25) is 0 Å². The summed E-state index contributed by atoms with van der Waals surface area (Å²) in [6.45, 7) is 2.90. The number of nitrogens with two attached hydrogens (primary N) is 1. The van der Waals surface area contributed by atoms with E-state index in [1.54, 1.807) is 6.07 Å². The lowest BCUT2D eigenvalue weighted by Gasteiger charge is -2.18. The molecule has 1 aliphatic heterocycles. The topological polar surface area (TPSA) is 49.5 Å². The lowest BCUT2D eigenvalue weighted by molar-refractivity contribution is 0.123. The highest BCUT2D eigenvalue weighted by Gasteiger charge is 2.41. The summed E-state index contributed by atoms with van der Waals surface area (Å²) in [5.41, 5.74) is 6.96. The molecular formula is C17H21FN2O. The van der Waals surface area contributed by atoms with Crippen LogP contribution in [0, 0.1) is 29.5 Å². The molecular weight excluding hydrogens is 267 g/mol. The Morgan fingerprint density at radius 1 is 1.29 bits per heavy atom. The van der Waals surface area contributed by atoms with Crippen LogP contribution in [0.25, 0.3) is 0 Å². The minimum absolute atomic E-state index is 0.154. The summed E-state index contributed by atoms with van der Waals surface area (Å²) in [6, 6.07) is 4.93. The van der Waals surface area contributed by atoms with Crippen molar-refractivity contribution in [3.63, 3.8) is 0 Å². The molecule has 3 atom stereocenters. The van der Waals surface area contributed by atoms with Crippen molar-refractivity contribution < 1.29 is 9.50 Å². The average Bonchev–Trinajstić information content (AvgIpc) is 2.98. The highest BCUT2D eigenvalue weighted by Crippen LogP contribution is 2.38. The molecule has 0 spiro atoms. The van der Waals surface area contributed by atoms with E-state index in [0.29, 0.717) is 17.4 Å². The molecule has 1 aromatic carbocycles. The number of aliphatic hydroxyl groups is 1. The summed E-state index contributed by atoms with van der Waals surface area (Å²) < 4.78 is 13.7. The fourth-order valence-electron chi connectivity index (χ4n) is 3.68. The van der Waals surface area contributed by atoms with E-state index >= 15 is 0 Å². The molecule has 112 valence electrons. The Hall–Kier alpha value is -1.41. The van der Waals surface area contributed by atoms with Crippen LogP contribution in [0.4, 0.5) is 4.39 Å². The first-order chi connectivity index (χ1) is 10.2. The van der Waals surface area contributed by atoms with E-state index in [0.717, 1.165) is 38.0 Å². The van der Waals surface area contributed by atoms with Gasteiger partial charge in [-0.05, 0) is 42.5 Å². The molecule has 0 bridgehead atoms. The highest BCUT2D eigenvalue weighted by molar-refractivity contribution is 5.38. The first-order valence-electron chi connectivity index (χ1n) is 7.54. The zero-order valence-electron chi connectivity index (χ0n) is 12.1. The van der Waals surface area contributed by atoms with Crippen molar-refractivity contribution >= 4 is 0 Å². The maximum Gasteiger partial charge on any atom is 0.124 e. The van der Waals surface area contributed by atoms with Gasteiger partial charge < -0.3 is 10.8 Å². The molecule has 1 heterocycles. The minimum atomic E-state index is -0.256. The van der Waals surface area contributed by atoms with Gasteiger partial charge in [-0.1, -0.05) is 11.8 Å². The quantitative estimate of drug-likeness (QED) is 0.808. The molecule has 3 nitrogen and oxygen atoms in total. The average molecular weight is 288 g/mol. The van der Waals surface area contributed by atoms with Crippen molar-refractivity contribution in [1.82, 2.24) is 4.90 Å². The van der Waals surface area contributed by atoms with Gasteiger partial charge in [0.05, 0.1) is 12.6 Å². The summed E-state index contributed by atoms with van der Waals surface area (Å²) in [6.07, 6.45) is 1.89. The zero-order chi connectivity index (χ0) is 14.8. The molecule has 1 aliphatic carbocycles. The normalized spacial score (nSPS) is 28.2. The lowest BCUT2D eigenvalue weighted by atomic mass is 10.00. The van der Waals surface area contributed by atoms with Crippen LogP contribution in [0.5, 0.6) is 0 Å².